The summed E-state index contributed by atoms with van der Waals surface area (Å²) < 4.78 is 4.99. The van der Waals surface area contributed by atoms with Gasteiger partial charge < -0.3 is 9.84 Å². The average Bonchev–Trinajstić information content (AvgIpc) is 2.75. The van der Waals surface area contributed by atoms with Gasteiger partial charge in [0.2, 0.25) is 11.7 Å². The lowest BCUT2D eigenvalue weighted by Crippen LogP contribution is -2.11. The Hall–Kier alpha value is -1.84. The average molecular weight is 215 g/mol. The van der Waals surface area contributed by atoms with E-state index in [-0.39, 0.29) is 0 Å². The predicted molar refractivity (Wildman–Crippen MR) is 61.3 cm³/mol. The highest BCUT2D eigenvalue weighted by Crippen LogP contribution is 2.26. The Labute approximate surface area is 93.7 Å². The van der Waals surface area contributed by atoms with Gasteiger partial charge in [0.05, 0.1) is 0 Å². The minimum Gasteiger partial charge on any atom is -0.385 e. The zero-order valence-electron chi connectivity index (χ0n) is 9.16. The molecule has 16 heavy (non-hydrogen) atoms. The van der Waals surface area contributed by atoms with Crippen molar-refractivity contribution in [1.82, 2.24) is 10.1 Å². The molecule has 1 aromatic heterocycles. The zero-order chi connectivity index (χ0) is 11.0. The first-order valence-electron chi connectivity index (χ1n) is 5.50. The van der Waals surface area contributed by atoms with Crippen molar-refractivity contribution < 1.29 is 4.52 Å². The summed E-state index contributed by atoms with van der Waals surface area (Å²) in [5, 5.41) is 7.31. The number of aryl methyl sites for hydroxylation is 2. The van der Waals surface area contributed by atoms with Gasteiger partial charge in [0, 0.05) is 24.7 Å². The molecule has 0 radical (unpaired) electrons. The molecule has 2 heterocycles. The monoisotopic (exact) mass is 215 g/mol. The maximum atomic E-state index is 4.99. The van der Waals surface area contributed by atoms with E-state index in [0.717, 1.165) is 18.5 Å². The van der Waals surface area contributed by atoms with Gasteiger partial charge in [-0.1, -0.05) is 5.16 Å². The third-order valence-corrected chi connectivity index (χ3v) is 2.83. The quantitative estimate of drug-likeness (QED) is 0.793. The van der Waals surface area contributed by atoms with Crippen molar-refractivity contribution in [1.29, 1.82) is 0 Å². The van der Waals surface area contributed by atoms with Gasteiger partial charge in [-0.2, -0.15) is 4.98 Å². The maximum absolute atomic E-state index is 4.99. The van der Waals surface area contributed by atoms with Crippen LogP contribution in [0.2, 0.25) is 0 Å². The predicted octanol–water partition coefficient (Wildman–Crippen LogP) is 2.40. The summed E-state index contributed by atoms with van der Waals surface area (Å²) in [7, 11) is 0. The Kier molecular flexibility index (Phi) is 2.13. The summed E-state index contributed by atoms with van der Waals surface area (Å²) in [5.41, 5.74) is 3.60. The second kappa shape index (κ2) is 3.63. The van der Waals surface area contributed by atoms with Crippen LogP contribution in [-0.2, 0) is 6.42 Å². The molecule has 1 aliphatic heterocycles. The molecule has 2 aromatic rings. The van der Waals surface area contributed by atoms with Crippen molar-refractivity contribution in [3.63, 3.8) is 0 Å². The molecule has 1 N–H and O–H groups in total. The first-order valence-corrected chi connectivity index (χ1v) is 5.50. The Bertz CT molecular complexity index is 519. The highest BCUT2D eigenvalue weighted by Gasteiger charge is 2.11. The standard InChI is InChI=1S/C12H13N3O/c1-8-14-12(15-16-8)10-4-5-11-9(7-10)3-2-6-13-11/h4-5,7,13H,2-3,6H2,1H3. The number of rotatable bonds is 1. The summed E-state index contributed by atoms with van der Waals surface area (Å²) in [6.07, 6.45) is 2.30. The number of benzene rings is 1. The number of aromatic nitrogens is 2. The van der Waals surface area contributed by atoms with Crippen LogP contribution in [0, 0.1) is 6.92 Å². The van der Waals surface area contributed by atoms with E-state index in [2.05, 4.69) is 27.6 Å². The number of hydrogen-bond donors (Lipinski definition) is 1. The van der Waals surface area contributed by atoms with Gasteiger partial charge in [0.25, 0.3) is 0 Å². The lowest BCUT2D eigenvalue weighted by atomic mass is 10.0. The molecular weight excluding hydrogens is 202 g/mol. The van der Waals surface area contributed by atoms with Gasteiger partial charge in [-0.15, -0.1) is 0 Å². The molecule has 1 aliphatic rings. The third-order valence-electron chi connectivity index (χ3n) is 2.83. The molecule has 82 valence electrons. The first kappa shape index (κ1) is 9.39. The van der Waals surface area contributed by atoms with Crippen LogP contribution in [0.1, 0.15) is 17.9 Å². The molecule has 0 bridgehead atoms. The summed E-state index contributed by atoms with van der Waals surface area (Å²) in [6, 6.07) is 6.27. The lowest BCUT2D eigenvalue weighted by molar-refractivity contribution is 0.394. The normalized spacial score (nSPS) is 14.3. The summed E-state index contributed by atoms with van der Waals surface area (Å²) in [4.78, 5) is 4.23. The molecule has 0 spiro atoms. The molecule has 0 saturated carbocycles. The molecule has 4 heteroatoms. The van der Waals surface area contributed by atoms with E-state index in [1.807, 2.05) is 6.07 Å². The lowest BCUT2D eigenvalue weighted by Gasteiger charge is -2.17. The van der Waals surface area contributed by atoms with E-state index < -0.39 is 0 Å². The van der Waals surface area contributed by atoms with Crippen molar-refractivity contribution in [2.75, 3.05) is 11.9 Å². The Morgan fingerprint density at radius 2 is 2.31 bits per heavy atom. The number of hydrogen-bond acceptors (Lipinski definition) is 4. The van der Waals surface area contributed by atoms with Gasteiger partial charge in [-0.05, 0) is 36.6 Å². The Morgan fingerprint density at radius 1 is 1.38 bits per heavy atom. The van der Waals surface area contributed by atoms with Crippen molar-refractivity contribution in [2.45, 2.75) is 19.8 Å². The van der Waals surface area contributed by atoms with E-state index in [0.29, 0.717) is 11.7 Å². The van der Waals surface area contributed by atoms with Crippen molar-refractivity contribution in [2.24, 2.45) is 0 Å². The highest BCUT2D eigenvalue weighted by molar-refractivity contribution is 5.64. The van der Waals surface area contributed by atoms with Gasteiger partial charge in [0.1, 0.15) is 0 Å². The summed E-state index contributed by atoms with van der Waals surface area (Å²) in [6.45, 7) is 2.87. The van der Waals surface area contributed by atoms with Crippen LogP contribution in [-0.4, -0.2) is 16.7 Å². The second-order valence-electron chi connectivity index (χ2n) is 4.04. The number of nitrogens with zero attached hydrogens (tertiary/aromatic N) is 2. The van der Waals surface area contributed by atoms with Crippen LogP contribution in [0.3, 0.4) is 0 Å². The van der Waals surface area contributed by atoms with Crippen LogP contribution in [0.25, 0.3) is 11.4 Å². The third kappa shape index (κ3) is 1.56. The first-order chi connectivity index (χ1) is 7.83. The molecule has 1 aromatic carbocycles. The van der Waals surface area contributed by atoms with E-state index in [9.17, 15) is 0 Å². The Balaban J connectivity index is 2.02. The molecule has 3 rings (SSSR count). The molecule has 0 saturated heterocycles. The zero-order valence-corrected chi connectivity index (χ0v) is 9.16. The maximum Gasteiger partial charge on any atom is 0.223 e. The van der Waals surface area contributed by atoms with Gasteiger partial charge in [-0.25, -0.2) is 0 Å². The van der Waals surface area contributed by atoms with Crippen molar-refractivity contribution >= 4 is 5.69 Å². The Morgan fingerprint density at radius 3 is 3.12 bits per heavy atom. The van der Waals surface area contributed by atoms with Gasteiger partial charge in [0.15, 0.2) is 0 Å². The molecule has 0 unspecified atom stereocenters. The second-order valence-corrected chi connectivity index (χ2v) is 4.04. The molecule has 0 atom stereocenters. The number of anilines is 1. The molecule has 0 fully saturated rings. The molecule has 0 aliphatic carbocycles. The molecule has 0 amide bonds. The number of nitrogens with one attached hydrogen (secondary N) is 1. The van der Waals surface area contributed by atoms with E-state index >= 15 is 0 Å². The fraction of sp³-hybridized carbons (Fsp3) is 0.333. The fourth-order valence-corrected chi connectivity index (χ4v) is 2.03. The van der Waals surface area contributed by atoms with Crippen molar-refractivity contribution in [3.05, 3.63) is 29.7 Å². The van der Waals surface area contributed by atoms with E-state index in [1.54, 1.807) is 6.92 Å². The smallest absolute Gasteiger partial charge is 0.223 e. The van der Waals surface area contributed by atoms with Crippen LogP contribution >= 0.6 is 0 Å². The van der Waals surface area contributed by atoms with Crippen LogP contribution in [0.15, 0.2) is 22.7 Å². The molecule has 4 nitrogen and oxygen atoms in total. The van der Waals surface area contributed by atoms with Crippen LogP contribution in [0.5, 0.6) is 0 Å². The topological polar surface area (TPSA) is 51.0 Å². The summed E-state index contributed by atoms with van der Waals surface area (Å²) in [5.74, 6) is 1.27. The minimum absolute atomic E-state index is 0.603. The van der Waals surface area contributed by atoms with Gasteiger partial charge >= 0.3 is 0 Å². The number of fused-ring (bicyclic) bond motifs is 1. The van der Waals surface area contributed by atoms with Crippen LogP contribution < -0.4 is 5.32 Å². The SMILES string of the molecule is Cc1nc(-c2ccc3c(c2)CCCN3)no1. The largest absolute Gasteiger partial charge is 0.385 e. The minimum atomic E-state index is 0.603. The highest BCUT2D eigenvalue weighted by atomic mass is 16.5. The molecular formula is C12H13N3O. The van der Waals surface area contributed by atoms with E-state index in [4.69, 9.17) is 4.52 Å². The summed E-state index contributed by atoms with van der Waals surface area (Å²) >= 11 is 0. The van der Waals surface area contributed by atoms with Crippen LogP contribution in [0.4, 0.5) is 5.69 Å². The van der Waals surface area contributed by atoms with Gasteiger partial charge in [-0.3, -0.25) is 0 Å². The van der Waals surface area contributed by atoms with Crippen molar-refractivity contribution in [3.8, 4) is 11.4 Å². The fourth-order valence-electron chi connectivity index (χ4n) is 2.03. The van der Waals surface area contributed by atoms with E-state index in [1.165, 1.54) is 17.7 Å².